The minimum absolute atomic E-state index is 0.0129. The first-order chi connectivity index (χ1) is 18.1. The number of ether oxygens (including phenoxy) is 1. The van der Waals surface area contributed by atoms with Gasteiger partial charge in [0.2, 0.25) is 5.91 Å². The first kappa shape index (κ1) is 26.8. The number of nitrogen functional groups attached to an aromatic ring is 1. The maximum absolute atomic E-state index is 12.4. The van der Waals surface area contributed by atoms with Crippen LogP contribution in [0.15, 0.2) is 12.7 Å². The van der Waals surface area contributed by atoms with Gasteiger partial charge < -0.3 is 31.3 Å². The molecule has 18 heteroatoms. The number of thioether (sulfide) groups is 1. The molecular weight excluding hydrogens is 542 g/mol. The number of nitrogens with zero attached hydrogens (tertiary/aromatic N) is 4. The Kier molecular flexibility index (Phi) is 7.60. The van der Waals surface area contributed by atoms with Gasteiger partial charge in [0.25, 0.3) is 0 Å². The number of anilines is 1. The van der Waals surface area contributed by atoms with Crippen LogP contribution in [0, 0.1) is 0 Å². The van der Waals surface area contributed by atoms with E-state index in [1.54, 1.807) is 11.8 Å². The maximum Gasteiger partial charge on any atom is 0.315 e. The summed E-state index contributed by atoms with van der Waals surface area (Å²) in [4.78, 5) is 35.7. The second-order valence-corrected chi connectivity index (χ2v) is 12.1. The van der Waals surface area contributed by atoms with E-state index in [9.17, 15) is 28.2 Å². The molecule has 7 atom stereocenters. The first-order valence-corrected chi connectivity index (χ1v) is 14.6. The molecule has 3 aliphatic rings. The fraction of sp³-hybridized carbons (Fsp3) is 0.650. The SMILES string of the molecule is Nc1ncnc2c1ncn2[C@@H]1O[C@H](CNS(=O)(=O)NC(=O)CCCC[C@@H]2SC[C@@H]3NC(=O)N[C@@H]32)[C@@H](O)[C@H]1O. The van der Waals surface area contributed by atoms with Gasteiger partial charge in [-0.1, -0.05) is 6.42 Å². The number of imidazole rings is 1. The van der Waals surface area contributed by atoms with Gasteiger partial charge in [-0.3, -0.25) is 9.36 Å². The van der Waals surface area contributed by atoms with Crippen LogP contribution < -0.4 is 25.8 Å². The van der Waals surface area contributed by atoms with Crippen molar-refractivity contribution in [2.24, 2.45) is 0 Å². The van der Waals surface area contributed by atoms with Crippen LogP contribution in [0.1, 0.15) is 31.9 Å². The molecule has 0 unspecified atom stereocenters. The Hall–Kier alpha value is -2.77. The summed E-state index contributed by atoms with van der Waals surface area (Å²) in [6, 6.07) is 0.0526. The number of carbonyl (C=O) groups excluding carboxylic acids is 2. The number of aromatic nitrogens is 4. The summed E-state index contributed by atoms with van der Waals surface area (Å²) in [5.41, 5.74) is 6.34. The third kappa shape index (κ3) is 5.50. The van der Waals surface area contributed by atoms with Crippen LogP contribution in [-0.2, 0) is 19.7 Å². The van der Waals surface area contributed by atoms with Crippen molar-refractivity contribution in [2.45, 2.75) is 67.6 Å². The van der Waals surface area contributed by atoms with Crippen LogP contribution in [0.3, 0.4) is 0 Å². The summed E-state index contributed by atoms with van der Waals surface area (Å²) in [5, 5.41) is 27.0. The molecule has 3 fully saturated rings. The van der Waals surface area contributed by atoms with E-state index < -0.39 is 47.2 Å². The zero-order valence-electron chi connectivity index (χ0n) is 20.1. The summed E-state index contributed by atoms with van der Waals surface area (Å²) in [7, 11) is -4.23. The quantitative estimate of drug-likeness (QED) is 0.118. The molecule has 0 aromatic carbocycles. The molecule has 3 saturated heterocycles. The van der Waals surface area contributed by atoms with Gasteiger partial charge in [0.1, 0.15) is 30.2 Å². The molecule has 0 saturated carbocycles. The van der Waals surface area contributed by atoms with E-state index in [1.807, 2.05) is 4.72 Å². The summed E-state index contributed by atoms with van der Waals surface area (Å²) in [6.07, 6.45) is -0.494. The smallest absolute Gasteiger partial charge is 0.315 e. The van der Waals surface area contributed by atoms with Crippen LogP contribution in [0.25, 0.3) is 11.2 Å². The Bertz CT molecular complexity index is 1310. The highest BCUT2D eigenvalue weighted by atomic mass is 32.2. The lowest BCUT2D eigenvalue weighted by Crippen LogP contribution is -2.45. The molecule has 38 heavy (non-hydrogen) atoms. The average Bonchev–Trinajstić information content (AvgIpc) is 3.61. The number of hydrogen-bond acceptors (Lipinski definition) is 12. The van der Waals surface area contributed by atoms with Gasteiger partial charge in [-0.2, -0.15) is 24.9 Å². The highest BCUT2D eigenvalue weighted by Gasteiger charge is 2.45. The zero-order valence-corrected chi connectivity index (χ0v) is 21.7. The van der Waals surface area contributed by atoms with Crippen molar-refractivity contribution < 1.29 is 33.0 Å². The predicted octanol–water partition coefficient (Wildman–Crippen LogP) is -2.30. The average molecular weight is 572 g/mol. The number of unbranched alkanes of at least 4 members (excludes halogenated alkanes) is 1. The second-order valence-electron chi connectivity index (χ2n) is 9.37. The third-order valence-electron chi connectivity index (χ3n) is 6.80. The number of aliphatic hydroxyl groups is 2. The molecule has 2 aromatic rings. The fourth-order valence-electron chi connectivity index (χ4n) is 4.89. The molecule has 5 rings (SSSR count). The minimum Gasteiger partial charge on any atom is -0.387 e. The van der Waals surface area contributed by atoms with Crippen molar-refractivity contribution in [2.75, 3.05) is 18.0 Å². The van der Waals surface area contributed by atoms with Gasteiger partial charge in [0.15, 0.2) is 17.7 Å². The van der Waals surface area contributed by atoms with Crippen molar-refractivity contribution in [3.05, 3.63) is 12.7 Å². The predicted molar refractivity (Wildman–Crippen MR) is 135 cm³/mol. The van der Waals surface area contributed by atoms with Crippen LogP contribution in [0.2, 0.25) is 0 Å². The maximum atomic E-state index is 12.4. The summed E-state index contributed by atoms with van der Waals surface area (Å²) in [6.45, 7) is -0.400. The Balaban J connectivity index is 1.07. The van der Waals surface area contributed by atoms with E-state index in [0.717, 1.165) is 12.2 Å². The molecule has 0 spiro atoms. The van der Waals surface area contributed by atoms with Gasteiger partial charge in [0.05, 0.1) is 18.4 Å². The van der Waals surface area contributed by atoms with Gasteiger partial charge in [-0.15, -0.1) is 0 Å². The largest absolute Gasteiger partial charge is 0.387 e. The number of aliphatic hydroxyl groups excluding tert-OH is 2. The van der Waals surface area contributed by atoms with Gasteiger partial charge in [0, 0.05) is 24.0 Å². The number of hydrogen-bond donors (Lipinski definition) is 7. The minimum atomic E-state index is -4.23. The lowest BCUT2D eigenvalue weighted by atomic mass is 10.0. The molecule has 208 valence electrons. The van der Waals surface area contributed by atoms with E-state index in [4.69, 9.17) is 10.5 Å². The number of urea groups is 1. The van der Waals surface area contributed by atoms with Crippen molar-refractivity contribution in [1.29, 1.82) is 0 Å². The van der Waals surface area contributed by atoms with Gasteiger partial charge >= 0.3 is 16.2 Å². The monoisotopic (exact) mass is 571 g/mol. The van der Waals surface area contributed by atoms with Gasteiger partial charge in [-0.25, -0.2) is 24.5 Å². The number of amides is 3. The van der Waals surface area contributed by atoms with Crippen LogP contribution >= 0.6 is 11.8 Å². The Morgan fingerprint density at radius 1 is 1.24 bits per heavy atom. The fourth-order valence-corrected chi connectivity index (χ4v) is 7.29. The van der Waals surface area contributed by atoms with Gasteiger partial charge in [-0.05, 0) is 12.8 Å². The molecule has 0 radical (unpaired) electrons. The molecule has 0 bridgehead atoms. The number of carbonyl (C=O) groups is 2. The van der Waals surface area contributed by atoms with E-state index in [2.05, 4.69) is 30.3 Å². The van der Waals surface area contributed by atoms with Crippen molar-refractivity contribution in [3.8, 4) is 0 Å². The zero-order chi connectivity index (χ0) is 27.0. The first-order valence-electron chi connectivity index (χ1n) is 12.1. The molecule has 3 amide bonds. The Labute approximate surface area is 221 Å². The Morgan fingerprint density at radius 3 is 2.87 bits per heavy atom. The van der Waals surface area contributed by atoms with Crippen molar-refractivity contribution in [3.63, 3.8) is 0 Å². The summed E-state index contributed by atoms with van der Waals surface area (Å²) < 4.78 is 35.9. The second kappa shape index (κ2) is 10.8. The van der Waals surface area contributed by atoms with Crippen LogP contribution in [-0.4, -0.2) is 98.0 Å². The molecule has 5 heterocycles. The van der Waals surface area contributed by atoms with E-state index >= 15 is 0 Å². The third-order valence-corrected chi connectivity index (χ3v) is 9.35. The summed E-state index contributed by atoms with van der Waals surface area (Å²) >= 11 is 1.77. The van der Waals surface area contributed by atoms with E-state index in [0.29, 0.717) is 12.8 Å². The van der Waals surface area contributed by atoms with E-state index in [-0.39, 0.29) is 46.8 Å². The van der Waals surface area contributed by atoms with Crippen molar-refractivity contribution in [1.82, 2.24) is 39.6 Å². The van der Waals surface area contributed by atoms with Crippen LogP contribution in [0.5, 0.6) is 0 Å². The molecule has 3 aliphatic heterocycles. The molecular formula is C20H29N9O7S2. The highest BCUT2D eigenvalue weighted by Crippen LogP contribution is 2.33. The number of fused-ring (bicyclic) bond motifs is 2. The highest BCUT2D eigenvalue weighted by molar-refractivity contribution is 8.00. The van der Waals surface area contributed by atoms with Crippen LogP contribution in [0.4, 0.5) is 10.6 Å². The number of nitrogens with two attached hydrogens (primary N) is 1. The summed E-state index contributed by atoms with van der Waals surface area (Å²) in [5.74, 6) is 0.308. The molecule has 2 aromatic heterocycles. The molecule has 0 aliphatic carbocycles. The number of rotatable bonds is 10. The standard InChI is InChI=1S/C20H29N9O7S2/c21-17-14-18(23-7-22-17)29(8-24-14)19-16(32)15(31)10(36-19)5-25-38(34,35)28-12(30)4-2-1-3-11-13-9(6-37-11)26-20(33)27-13/h7-11,13,15-16,19,25,31-32H,1-6H2,(H,28,30)(H2,21,22,23)(H2,26,27,33)/t9-,10+,11-,13-,15+,16+,19+/m0/s1. The number of nitrogens with one attached hydrogen (secondary N) is 4. The topological polar surface area (TPSA) is 236 Å². The lowest BCUT2D eigenvalue weighted by molar-refractivity contribution is -0.119. The molecule has 8 N–H and O–H groups in total. The normalized spacial score (nSPS) is 30.8. The lowest BCUT2D eigenvalue weighted by Gasteiger charge is -2.17. The van der Waals surface area contributed by atoms with E-state index in [1.165, 1.54) is 17.2 Å². The van der Waals surface area contributed by atoms with Crippen molar-refractivity contribution >= 4 is 50.9 Å². The molecule has 16 nitrogen and oxygen atoms in total. The Morgan fingerprint density at radius 2 is 2.05 bits per heavy atom.